The third kappa shape index (κ3) is 5.65. The minimum Gasteiger partial charge on any atom is -0.481 e. The molecular weight excluding hydrogens is 576 g/mol. The van der Waals surface area contributed by atoms with Gasteiger partial charge in [0.05, 0.1) is 39.8 Å². The molecule has 36 heavy (non-hydrogen) atoms. The summed E-state index contributed by atoms with van der Waals surface area (Å²) >= 11 is 1.87. The molecular formula is C26H23FIN5O3. The molecule has 0 aromatic heterocycles. The van der Waals surface area contributed by atoms with Gasteiger partial charge in [-0.25, -0.2) is 7.50 Å². The lowest BCUT2D eigenvalue weighted by molar-refractivity contribution is -0.137. The third-order valence-electron chi connectivity index (χ3n) is 5.66. The number of amides is 1. The molecule has 4 rings (SSSR count). The molecule has 184 valence electrons. The molecule has 0 aliphatic carbocycles. The first-order chi connectivity index (χ1) is 17.2. The van der Waals surface area contributed by atoms with Gasteiger partial charge < -0.3 is 21.5 Å². The van der Waals surface area contributed by atoms with Crippen LogP contribution < -0.4 is 19.5 Å². The minimum atomic E-state index is -0.868. The Balaban J connectivity index is 1.75. The lowest BCUT2D eigenvalue weighted by atomic mass is 9.98. The number of hydrogen-bond donors (Lipinski definition) is 5. The maximum absolute atomic E-state index is 13.9. The van der Waals surface area contributed by atoms with E-state index in [1.54, 1.807) is 6.07 Å². The summed E-state index contributed by atoms with van der Waals surface area (Å²) in [7, 11) is 0. The molecule has 0 bridgehead atoms. The van der Waals surface area contributed by atoms with Gasteiger partial charge in [0, 0.05) is 24.2 Å². The summed E-state index contributed by atoms with van der Waals surface area (Å²) in [6, 6.07) is 19.1. The maximum atomic E-state index is 13.9. The van der Waals surface area contributed by atoms with Crippen LogP contribution >= 0.6 is 22.9 Å². The number of nitrogens with two attached hydrogens (primary N) is 1. The first-order valence-corrected chi connectivity index (χ1v) is 12.0. The zero-order chi connectivity index (χ0) is 25.8. The largest absolute Gasteiger partial charge is 0.481 e. The molecule has 0 saturated carbocycles. The highest BCUT2D eigenvalue weighted by Gasteiger charge is 2.34. The van der Waals surface area contributed by atoms with Crippen molar-refractivity contribution in [2.45, 2.75) is 19.4 Å². The number of nitrogens with zero attached hydrogens (tertiary/aromatic N) is 1. The van der Waals surface area contributed by atoms with Gasteiger partial charge in [0.25, 0.3) is 5.91 Å². The number of anilines is 2. The quantitative estimate of drug-likeness (QED) is 0.0852. The lowest BCUT2D eigenvalue weighted by Gasteiger charge is -2.16. The predicted octanol–water partition coefficient (Wildman–Crippen LogP) is 4.50. The van der Waals surface area contributed by atoms with E-state index in [9.17, 15) is 14.0 Å². The van der Waals surface area contributed by atoms with Crippen LogP contribution in [0.2, 0.25) is 0 Å². The van der Waals surface area contributed by atoms with Gasteiger partial charge in [0.2, 0.25) is 0 Å². The minimum absolute atomic E-state index is 0.0254. The van der Waals surface area contributed by atoms with E-state index >= 15 is 0 Å². The van der Waals surface area contributed by atoms with Gasteiger partial charge in [0.15, 0.2) is 5.96 Å². The van der Waals surface area contributed by atoms with Crippen LogP contribution in [-0.2, 0) is 22.6 Å². The molecule has 1 aliphatic heterocycles. The van der Waals surface area contributed by atoms with Crippen LogP contribution in [0, 0.1) is 11.2 Å². The SMILES string of the molecule is N=C(N)NCc1ccc(N/C(=C2\C(=O)N(I)c3cc(F)ccc32)c2ccc(CCC(=O)O)cc2)cc1. The second-order valence-electron chi connectivity index (χ2n) is 8.18. The molecule has 1 heterocycles. The third-order valence-corrected chi connectivity index (χ3v) is 6.62. The van der Waals surface area contributed by atoms with Crippen molar-refractivity contribution >= 4 is 63.3 Å². The van der Waals surface area contributed by atoms with Crippen LogP contribution in [0.5, 0.6) is 0 Å². The maximum Gasteiger partial charge on any atom is 0.303 e. The summed E-state index contributed by atoms with van der Waals surface area (Å²) in [5, 5.41) is 22.4. The summed E-state index contributed by atoms with van der Waals surface area (Å²) < 4.78 is 15.3. The zero-order valence-electron chi connectivity index (χ0n) is 19.0. The first kappa shape index (κ1) is 25.2. The molecule has 3 aromatic carbocycles. The van der Waals surface area contributed by atoms with Gasteiger partial charge in [-0.15, -0.1) is 0 Å². The standard InChI is InChI=1S/C26H23FIN5O3/c27-18-8-11-20-21(13-18)33(28)25(36)23(20)24(17-6-1-15(2-7-17)5-12-22(34)35)32-19-9-3-16(4-10-19)14-31-26(29)30/h1-4,6-11,13,32H,5,12,14H2,(H,34,35)(H4,29,30,31)/b24-23-. The molecule has 0 unspecified atom stereocenters. The molecule has 1 aliphatic rings. The van der Waals surface area contributed by atoms with Crippen molar-refractivity contribution in [2.24, 2.45) is 5.73 Å². The van der Waals surface area contributed by atoms with E-state index in [0.717, 1.165) is 22.4 Å². The number of rotatable bonds is 8. The van der Waals surface area contributed by atoms with Crippen LogP contribution in [0.1, 0.15) is 28.7 Å². The highest BCUT2D eigenvalue weighted by Crippen LogP contribution is 2.43. The number of fused-ring (bicyclic) bond motifs is 1. The summed E-state index contributed by atoms with van der Waals surface area (Å²) in [5.41, 5.74) is 10.6. The van der Waals surface area contributed by atoms with E-state index in [-0.39, 0.29) is 18.3 Å². The molecule has 1 amide bonds. The van der Waals surface area contributed by atoms with Crippen molar-refractivity contribution in [1.29, 1.82) is 5.41 Å². The van der Waals surface area contributed by atoms with Gasteiger partial charge in [-0.2, -0.15) is 0 Å². The van der Waals surface area contributed by atoms with Crippen LogP contribution in [-0.4, -0.2) is 22.9 Å². The highest BCUT2D eigenvalue weighted by atomic mass is 127. The lowest BCUT2D eigenvalue weighted by Crippen LogP contribution is -2.29. The van der Waals surface area contributed by atoms with Crippen molar-refractivity contribution in [2.75, 3.05) is 8.43 Å². The molecule has 3 aromatic rings. The summed E-state index contributed by atoms with van der Waals surface area (Å²) in [6.45, 7) is 0.405. The number of aliphatic carboxylic acids is 1. The Hall–Kier alpha value is -3.93. The summed E-state index contributed by atoms with van der Waals surface area (Å²) in [5.74, 6) is -1.70. The number of carbonyl (C=O) groups excluding carboxylic acids is 1. The first-order valence-electron chi connectivity index (χ1n) is 11.0. The fourth-order valence-electron chi connectivity index (χ4n) is 3.86. The molecule has 10 heteroatoms. The van der Waals surface area contributed by atoms with Gasteiger partial charge in [-0.05, 0) is 53.4 Å². The Morgan fingerprint density at radius 3 is 2.36 bits per heavy atom. The second kappa shape index (κ2) is 10.8. The summed E-state index contributed by atoms with van der Waals surface area (Å²) in [6.07, 6.45) is 0.422. The van der Waals surface area contributed by atoms with E-state index in [0.29, 0.717) is 35.5 Å². The number of nitrogens with one attached hydrogen (secondary N) is 3. The van der Waals surface area contributed by atoms with Gasteiger partial charge >= 0.3 is 5.97 Å². The average Bonchev–Trinajstić information content (AvgIpc) is 3.10. The number of benzene rings is 3. The highest BCUT2D eigenvalue weighted by molar-refractivity contribution is 14.1. The molecule has 6 N–H and O–H groups in total. The molecule has 0 spiro atoms. The van der Waals surface area contributed by atoms with E-state index in [1.165, 1.54) is 15.2 Å². The summed E-state index contributed by atoms with van der Waals surface area (Å²) in [4.78, 5) is 24.2. The Morgan fingerprint density at radius 2 is 1.72 bits per heavy atom. The van der Waals surface area contributed by atoms with E-state index in [4.69, 9.17) is 16.2 Å². The fourth-order valence-corrected chi connectivity index (χ4v) is 4.50. The number of guanidine groups is 1. The number of halogens is 2. The average molecular weight is 599 g/mol. The number of carbonyl (C=O) groups is 2. The number of carboxylic acid groups (broad SMARTS) is 1. The van der Waals surface area contributed by atoms with Crippen LogP contribution in [0.4, 0.5) is 15.8 Å². The molecule has 0 fully saturated rings. The van der Waals surface area contributed by atoms with Crippen molar-refractivity contribution in [1.82, 2.24) is 5.32 Å². The van der Waals surface area contributed by atoms with Gasteiger partial charge in [-0.3, -0.25) is 15.0 Å². The van der Waals surface area contributed by atoms with Gasteiger partial charge in [0.1, 0.15) is 5.82 Å². The monoisotopic (exact) mass is 599 g/mol. The van der Waals surface area contributed by atoms with Crippen LogP contribution in [0.25, 0.3) is 11.3 Å². The fraction of sp³-hybridized carbons (Fsp3) is 0.115. The molecule has 0 saturated heterocycles. The molecule has 0 atom stereocenters. The smallest absolute Gasteiger partial charge is 0.303 e. The molecule has 8 nitrogen and oxygen atoms in total. The number of carboxylic acids is 1. The number of hydrogen-bond acceptors (Lipinski definition) is 4. The van der Waals surface area contributed by atoms with E-state index in [1.807, 2.05) is 71.4 Å². The van der Waals surface area contributed by atoms with E-state index < -0.39 is 11.8 Å². The Bertz CT molecular complexity index is 1360. The van der Waals surface area contributed by atoms with Crippen LogP contribution in [0.15, 0.2) is 66.7 Å². The van der Waals surface area contributed by atoms with Gasteiger partial charge in [-0.1, -0.05) is 36.4 Å². The zero-order valence-corrected chi connectivity index (χ0v) is 21.2. The topological polar surface area (TPSA) is 132 Å². The Kier molecular flexibility index (Phi) is 7.53. The van der Waals surface area contributed by atoms with Crippen molar-refractivity contribution in [3.05, 3.63) is 94.8 Å². The van der Waals surface area contributed by atoms with Crippen molar-refractivity contribution in [3.8, 4) is 0 Å². The van der Waals surface area contributed by atoms with E-state index in [2.05, 4.69) is 10.6 Å². The Morgan fingerprint density at radius 1 is 1.06 bits per heavy atom. The second-order valence-corrected chi connectivity index (χ2v) is 9.14. The predicted molar refractivity (Wildman–Crippen MR) is 146 cm³/mol. The normalized spacial score (nSPS) is 13.8. The molecule has 0 radical (unpaired) electrons. The Labute approximate surface area is 221 Å². The van der Waals surface area contributed by atoms with Crippen LogP contribution in [0.3, 0.4) is 0 Å². The number of aryl methyl sites for hydroxylation is 1. The van der Waals surface area contributed by atoms with Crippen molar-refractivity contribution < 1.29 is 19.1 Å². The van der Waals surface area contributed by atoms with Crippen molar-refractivity contribution in [3.63, 3.8) is 0 Å².